The molecule has 1 heterocycles. The normalized spacial score (nSPS) is 13.5. The van der Waals surface area contributed by atoms with Crippen LogP contribution in [0, 0.1) is 0 Å². The third kappa shape index (κ3) is 2.82. The molecular weight excluding hydrogens is 222 g/mol. The van der Waals surface area contributed by atoms with Crippen LogP contribution < -0.4 is 5.73 Å². The Morgan fingerprint density at radius 3 is 2.71 bits per heavy atom. The SMILES string of the molecule is CC(N)Cc1ccc2ccn(CC(F)F)c2c1. The Morgan fingerprint density at radius 1 is 1.29 bits per heavy atom. The van der Waals surface area contributed by atoms with E-state index in [1.54, 1.807) is 10.8 Å². The third-order valence-corrected chi connectivity index (χ3v) is 2.73. The molecule has 1 aromatic heterocycles. The standard InChI is InChI=1S/C13H16F2N2/c1-9(16)6-10-2-3-11-4-5-17(8-13(14)15)12(11)7-10/h2-5,7,9,13H,6,8,16H2,1H3. The van der Waals surface area contributed by atoms with Crippen molar-refractivity contribution >= 4 is 10.9 Å². The minimum Gasteiger partial charge on any atom is -0.342 e. The van der Waals surface area contributed by atoms with Crippen molar-refractivity contribution in [1.82, 2.24) is 4.57 Å². The second kappa shape index (κ2) is 4.84. The van der Waals surface area contributed by atoms with Crippen molar-refractivity contribution in [2.75, 3.05) is 0 Å². The Hall–Kier alpha value is -1.42. The molecule has 0 aliphatic rings. The number of aromatic nitrogens is 1. The lowest BCUT2D eigenvalue weighted by Gasteiger charge is -2.08. The van der Waals surface area contributed by atoms with Gasteiger partial charge in [0.15, 0.2) is 0 Å². The van der Waals surface area contributed by atoms with Gasteiger partial charge in [-0.05, 0) is 36.4 Å². The molecule has 0 radical (unpaired) electrons. The van der Waals surface area contributed by atoms with Crippen LogP contribution in [-0.4, -0.2) is 17.0 Å². The Balaban J connectivity index is 2.36. The number of hydrogen-bond donors (Lipinski definition) is 1. The molecule has 0 saturated carbocycles. The van der Waals surface area contributed by atoms with Gasteiger partial charge in [0, 0.05) is 17.8 Å². The highest BCUT2D eigenvalue weighted by Gasteiger charge is 2.08. The maximum absolute atomic E-state index is 12.4. The van der Waals surface area contributed by atoms with Gasteiger partial charge in [-0.25, -0.2) is 8.78 Å². The Morgan fingerprint density at radius 2 is 2.06 bits per heavy atom. The largest absolute Gasteiger partial charge is 0.342 e. The summed E-state index contributed by atoms with van der Waals surface area (Å²) in [6, 6.07) is 7.83. The molecule has 0 saturated heterocycles. The van der Waals surface area contributed by atoms with Crippen LogP contribution >= 0.6 is 0 Å². The average Bonchev–Trinajstić information content (AvgIpc) is 2.59. The van der Waals surface area contributed by atoms with Gasteiger partial charge >= 0.3 is 0 Å². The molecule has 0 aliphatic heterocycles. The summed E-state index contributed by atoms with van der Waals surface area (Å²) in [5, 5.41) is 0.985. The number of nitrogens with zero attached hydrogens (tertiary/aromatic N) is 1. The number of alkyl halides is 2. The fraction of sp³-hybridized carbons (Fsp3) is 0.385. The minimum atomic E-state index is -2.33. The van der Waals surface area contributed by atoms with Crippen LogP contribution in [-0.2, 0) is 13.0 Å². The van der Waals surface area contributed by atoms with Crippen LogP contribution in [0.1, 0.15) is 12.5 Å². The van der Waals surface area contributed by atoms with E-state index in [9.17, 15) is 8.78 Å². The fourth-order valence-corrected chi connectivity index (χ4v) is 2.04. The average molecular weight is 238 g/mol. The van der Waals surface area contributed by atoms with E-state index in [0.717, 1.165) is 22.9 Å². The van der Waals surface area contributed by atoms with Crippen LogP contribution in [0.15, 0.2) is 30.5 Å². The third-order valence-electron chi connectivity index (χ3n) is 2.73. The van der Waals surface area contributed by atoms with Crippen LogP contribution in [0.3, 0.4) is 0 Å². The summed E-state index contributed by atoms with van der Waals surface area (Å²) in [6.45, 7) is 1.67. The summed E-state index contributed by atoms with van der Waals surface area (Å²) in [7, 11) is 0. The van der Waals surface area contributed by atoms with E-state index in [4.69, 9.17) is 5.73 Å². The second-order valence-corrected chi connectivity index (χ2v) is 4.43. The van der Waals surface area contributed by atoms with Gasteiger partial charge in [0.1, 0.15) is 0 Å². The zero-order valence-electron chi connectivity index (χ0n) is 9.74. The topological polar surface area (TPSA) is 30.9 Å². The quantitative estimate of drug-likeness (QED) is 0.872. The van der Waals surface area contributed by atoms with Crippen molar-refractivity contribution in [3.05, 3.63) is 36.0 Å². The molecule has 1 aromatic carbocycles. The molecular formula is C13H16F2N2. The maximum atomic E-state index is 12.4. The number of hydrogen-bond acceptors (Lipinski definition) is 1. The smallest absolute Gasteiger partial charge is 0.256 e. The van der Waals surface area contributed by atoms with Gasteiger partial charge in [0.25, 0.3) is 6.43 Å². The van der Waals surface area contributed by atoms with Crippen LogP contribution in [0.2, 0.25) is 0 Å². The summed E-state index contributed by atoms with van der Waals surface area (Å²) in [5.74, 6) is 0. The van der Waals surface area contributed by atoms with E-state index >= 15 is 0 Å². The van der Waals surface area contributed by atoms with Gasteiger partial charge in [0.05, 0.1) is 6.54 Å². The lowest BCUT2D eigenvalue weighted by atomic mass is 10.1. The number of benzene rings is 1. The monoisotopic (exact) mass is 238 g/mol. The maximum Gasteiger partial charge on any atom is 0.256 e. The summed E-state index contributed by atoms with van der Waals surface area (Å²) in [5.41, 5.74) is 7.67. The van der Waals surface area contributed by atoms with Gasteiger partial charge in [-0.15, -0.1) is 0 Å². The number of fused-ring (bicyclic) bond motifs is 1. The first-order valence-corrected chi connectivity index (χ1v) is 5.68. The van der Waals surface area contributed by atoms with Crippen LogP contribution in [0.4, 0.5) is 8.78 Å². The molecule has 0 fully saturated rings. The molecule has 0 bridgehead atoms. The van der Waals surface area contributed by atoms with E-state index < -0.39 is 6.43 Å². The van der Waals surface area contributed by atoms with E-state index in [2.05, 4.69) is 0 Å². The minimum absolute atomic E-state index is 0.0750. The first kappa shape index (κ1) is 12.0. The Bertz CT molecular complexity index is 503. The first-order chi connectivity index (χ1) is 8.06. The first-order valence-electron chi connectivity index (χ1n) is 5.68. The van der Waals surface area contributed by atoms with E-state index in [1.165, 1.54) is 0 Å². The Labute approximate surface area is 99.0 Å². The molecule has 1 unspecified atom stereocenters. The number of nitrogens with two attached hydrogens (primary N) is 1. The van der Waals surface area contributed by atoms with Gasteiger partial charge in [-0.1, -0.05) is 12.1 Å². The van der Waals surface area contributed by atoms with Gasteiger partial charge < -0.3 is 10.3 Å². The van der Waals surface area contributed by atoms with Crippen molar-refractivity contribution in [2.45, 2.75) is 32.4 Å². The van der Waals surface area contributed by atoms with Crippen molar-refractivity contribution < 1.29 is 8.78 Å². The molecule has 0 spiro atoms. The van der Waals surface area contributed by atoms with E-state index in [-0.39, 0.29) is 12.6 Å². The Kier molecular flexibility index (Phi) is 3.43. The molecule has 2 nitrogen and oxygen atoms in total. The van der Waals surface area contributed by atoms with Crippen molar-refractivity contribution in [3.8, 4) is 0 Å². The molecule has 2 aromatic rings. The van der Waals surface area contributed by atoms with Crippen molar-refractivity contribution in [1.29, 1.82) is 0 Å². The van der Waals surface area contributed by atoms with E-state index in [1.807, 2.05) is 31.2 Å². The zero-order valence-corrected chi connectivity index (χ0v) is 9.74. The van der Waals surface area contributed by atoms with Crippen LogP contribution in [0.25, 0.3) is 10.9 Å². The lowest BCUT2D eigenvalue weighted by molar-refractivity contribution is 0.128. The molecule has 2 rings (SSSR count). The van der Waals surface area contributed by atoms with Crippen molar-refractivity contribution in [3.63, 3.8) is 0 Å². The predicted octanol–water partition coefficient (Wildman–Crippen LogP) is 2.80. The summed E-state index contributed by atoms with van der Waals surface area (Å²) >= 11 is 0. The summed E-state index contributed by atoms with van der Waals surface area (Å²) in [6.07, 6.45) is 0.130. The molecule has 92 valence electrons. The van der Waals surface area contributed by atoms with Gasteiger partial charge in [-0.2, -0.15) is 0 Å². The highest BCUT2D eigenvalue weighted by molar-refractivity contribution is 5.80. The van der Waals surface area contributed by atoms with E-state index in [0.29, 0.717) is 0 Å². The fourth-order valence-electron chi connectivity index (χ4n) is 2.04. The zero-order chi connectivity index (χ0) is 12.4. The lowest BCUT2D eigenvalue weighted by Crippen LogP contribution is -2.17. The molecule has 1 atom stereocenters. The molecule has 0 amide bonds. The molecule has 17 heavy (non-hydrogen) atoms. The molecule has 0 aliphatic carbocycles. The molecule has 2 N–H and O–H groups in total. The van der Waals surface area contributed by atoms with Gasteiger partial charge in [0.2, 0.25) is 0 Å². The molecule has 4 heteroatoms. The highest BCUT2D eigenvalue weighted by atomic mass is 19.3. The highest BCUT2D eigenvalue weighted by Crippen LogP contribution is 2.19. The van der Waals surface area contributed by atoms with Gasteiger partial charge in [-0.3, -0.25) is 0 Å². The summed E-state index contributed by atoms with van der Waals surface area (Å²) in [4.78, 5) is 0. The van der Waals surface area contributed by atoms with Crippen molar-refractivity contribution in [2.24, 2.45) is 5.73 Å². The number of rotatable bonds is 4. The number of halogens is 2. The second-order valence-electron chi connectivity index (χ2n) is 4.43. The predicted molar refractivity (Wildman–Crippen MR) is 65.3 cm³/mol. The van der Waals surface area contributed by atoms with Crippen LogP contribution in [0.5, 0.6) is 0 Å². The summed E-state index contributed by atoms with van der Waals surface area (Å²) < 4.78 is 26.4.